The minimum absolute atomic E-state index is 0.162. The summed E-state index contributed by atoms with van der Waals surface area (Å²) in [7, 11) is 0. The van der Waals surface area contributed by atoms with Gasteiger partial charge in [0.1, 0.15) is 11.6 Å². The van der Waals surface area contributed by atoms with E-state index in [0.29, 0.717) is 0 Å². The summed E-state index contributed by atoms with van der Waals surface area (Å²) in [4.78, 5) is 9.84. The second kappa shape index (κ2) is 4.63. The van der Waals surface area contributed by atoms with E-state index in [1.54, 1.807) is 6.07 Å². The van der Waals surface area contributed by atoms with E-state index in [9.17, 15) is 14.3 Å². The van der Waals surface area contributed by atoms with E-state index in [4.69, 9.17) is 9.81 Å². The van der Waals surface area contributed by atoms with Crippen molar-refractivity contribution in [2.75, 3.05) is 0 Å². The molecule has 7 heteroatoms. The molecule has 0 saturated heterocycles. The number of nitro benzene ring substituents is 1. The van der Waals surface area contributed by atoms with Gasteiger partial charge in [0.25, 0.3) is 5.69 Å². The number of rotatable bonds is 3. The van der Waals surface area contributed by atoms with Crippen molar-refractivity contribution in [2.45, 2.75) is 5.75 Å². The lowest BCUT2D eigenvalue weighted by atomic mass is 10.1. The monoisotopic (exact) mass is 226 g/mol. The summed E-state index contributed by atoms with van der Waals surface area (Å²) in [5.74, 6) is -0.287. The second-order valence-corrected chi connectivity index (χ2v) is 3.58. The topological polar surface area (TPSA) is 104 Å². The van der Waals surface area contributed by atoms with E-state index in [-0.39, 0.29) is 22.6 Å². The van der Waals surface area contributed by atoms with Crippen LogP contribution in [-0.4, -0.2) is 13.7 Å². The van der Waals surface area contributed by atoms with Gasteiger partial charge in [-0.05, 0) is 5.56 Å². The van der Waals surface area contributed by atoms with E-state index < -0.39 is 16.0 Å². The van der Waals surface area contributed by atoms with E-state index in [1.807, 2.05) is 0 Å². The van der Waals surface area contributed by atoms with Crippen LogP contribution in [0.4, 0.5) is 5.69 Å². The largest absolute Gasteiger partial charge is 0.306 e. The lowest BCUT2D eigenvalue weighted by molar-refractivity contribution is -0.385. The highest BCUT2D eigenvalue weighted by molar-refractivity contribution is 7.78. The van der Waals surface area contributed by atoms with Crippen molar-refractivity contribution >= 4 is 16.8 Å². The Morgan fingerprint density at radius 3 is 2.73 bits per heavy atom. The molecule has 0 aliphatic carbocycles. The zero-order valence-electron chi connectivity index (χ0n) is 7.41. The highest BCUT2D eigenvalue weighted by Gasteiger charge is 2.17. The van der Waals surface area contributed by atoms with Crippen molar-refractivity contribution < 1.29 is 13.7 Å². The Morgan fingerprint density at radius 2 is 2.27 bits per heavy atom. The Morgan fingerprint density at radius 1 is 1.60 bits per heavy atom. The van der Waals surface area contributed by atoms with Crippen molar-refractivity contribution in [3.05, 3.63) is 39.4 Å². The SMILES string of the molecule is N#Cc1c(CS(=O)O)cccc1[N+](=O)[O-]. The number of nitrogens with zero attached hydrogens (tertiary/aromatic N) is 2. The summed E-state index contributed by atoms with van der Waals surface area (Å²) >= 11 is -2.12. The van der Waals surface area contributed by atoms with Crippen LogP contribution < -0.4 is 0 Å². The Balaban J connectivity index is 3.30. The van der Waals surface area contributed by atoms with Crippen LogP contribution in [0.15, 0.2) is 18.2 Å². The van der Waals surface area contributed by atoms with E-state index in [2.05, 4.69) is 0 Å². The molecular weight excluding hydrogens is 220 g/mol. The minimum Gasteiger partial charge on any atom is -0.306 e. The lowest BCUT2D eigenvalue weighted by Crippen LogP contribution is -2.00. The number of hydrogen-bond acceptors (Lipinski definition) is 4. The normalized spacial score (nSPS) is 11.7. The third kappa shape index (κ3) is 2.59. The third-order valence-electron chi connectivity index (χ3n) is 1.72. The predicted molar refractivity (Wildman–Crippen MR) is 52.3 cm³/mol. The van der Waals surface area contributed by atoms with Crippen LogP contribution >= 0.6 is 0 Å². The molecule has 0 radical (unpaired) electrons. The van der Waals surface area contributed by atoms with E-state index in [1.165, 1.54) is 18.2 Å². The van der Waals surface area contributed by atoms with Gasteiger partial charge in [0, 0.05) is 6.07 Å². The molecule has 0 saturated carbocycles. The Kier molecular flexibility index (Phi) is 3.49. The number of benzene rings is 1. The van der Waals surface area contributed by atoms with Crippen molar-refractivity contribution in [3.63, 3.8) is 0 Å². The maximum Gasteiger partial charge on any atom is 0.287 e. The zero-order chi connectivity index (χ0) is 11.4. The Hall–Kier alpha value is -1.78. The summed E-state index contributed by atoms with van der Waals surface area (Å²) in [5, 5.41) is 19.3. The summed E-state index contributed by atoms with van der Waals surface area (Å²) in [6.45, 7) is 0. The maximum absolute atomic E-state index is 10.5. The van der Waals surface area contributed by atoms with Crippen molar-refractivity contribution in [3.8, 4) is 6.07 Å². The molecule has 1 atom stereocenters. The van der Waals surface area contributed by atoms with Gasteiger partial charge in [-0.1, -0.05) is 12.1 Å². The summed E-state index contributed by atoms with van der Waals surface area (Å²) in [6, 6.07) is 5.64. The molecule has 0 aliphatic rings. The molecule has 0 heterocycles. The van der Waals surface area contributed by atoms with Gasteiger partial charge in [0.2, 0.25) is 0 Å². The molecule has 1 aromatic carbocycles. The fourth-order valence-electron chi connectivity index (χ4n) is 1.12. The molecule has 0 fully saturated rings. The molecule has 0 amide bonds. The van der Waals surface area contributed by atoms with Crippen molar-refractivity contribution in [1.29, 1.82) is 5.26 Å². The van der Waals surface area contributed by atoms with Crippen molar-refractivity contribution in [2.24, 2.45) is 0 Å². The molecule has 6 nitrogen and oxygen atoms in total. The van der Waals surface area contributed by atoms with Gasteiger partial charge < -0.3 is 4.55 Å². The molecule has 0 aliphatic heterocycles. The first-order valence-corrected chi connectivity index (χ1v) is 5.07. The lowest BCUT2D eigenvalue weighted by Gasteiger charge is -2.00. The summed E-state index contributed by atoms with van der Waals surface area (Å²) in [5.41, 5.74) is -0.308. The fraction of sp³-hybridized carbons (Fsp3) is 0.125. The fourth-order valence-corrected chi connectivity index (χ4v) is 1.63. The van der Waals surface area contributed by atoms with Crippen LogP contribution in [-0.2, 0) is 16.8 Å². The molecule has 0 bridgehead atoms. The highest BCUT2D eigenvalue weighted by atomic mass is 32.2. The van der Waals surface area contributed by atoms with Gasteiger partial charge in [-0.25, -0.2) is 4.21 Å². The van der Waals surface area contributed by atoms with Crippen LogP contribution in [0.25, 0.3) is 0 Å². The number of nitriles is 1. The third-order valence-corrected chi connectivity index (χ3v) is 2.27. The van der Waals surface area contributed by atoms with Crippen LogP contribution in [0.1, 0.15) is 11.1 Å². The quantitative estimate of drug-likeness (QED) is 0.473. The molecule has 1 N–H and O–H groups in total. The molecule has 15 heavy (non-hydrogen) atoms. The highest BCUT2D eigenvalue weighted by Crippen LogP contribution is 2.21. The Bertz CT molecular complexity index is 466. The number of nitro groups is 1. The first-order valence-electron chi connectivity index (χ1n) is 3.80. The predicted octanol–water partition coefficient (Wildman–Crippen LogP) is 1.19. The number of hydrogen-bond donors (Lipinski definition) is 1. The first kappa shape index (κ1) is 11.3. The zero-order valence-corrected chi connectivity index (χ0v) is 8.23. The van der Waals surface area contributed by atoms with Gasteiger partial charge >= 0.3 is 0 Å². The van der Waals surface area contributed by atoms with Crippen LogP contribution in [0.3, 0.4) is 0 Å². The Labute approximate surface area is 87.6 Å². The molecular formula is C8H6N2O4S. The second-order valence-electron chi connectivity index (χ2n) is 2.65. The van der Waals surface area contributed by atoms with Gasteiger partial charge in [0.15, 0.2) is 11.1 Å². The molecule has 0 aromatic heterocycles. The average Bonchev–Trinajstić information content (AvgIpc) is 2.16. The van der Waals surface area contributed by atoms with Crippen molar-refractivity contribution in [1.82, 2.24) is 0 Å². The summed E-state index contributed by atoms with van der Waals surface area (Å²) in [6.07, 6.45) is 0. The van der Waals surface area contributed by atoms with Gasteiger partial charge in [-0.3, -0.25) is 10.1 Å². The molecule has 0 spiro atoms. The molecule has 78 valence electrons. The minimum atomic E-state index is -2.12. The summed E-state index contributed by atoms with van der Waals surface area (Å²) < 4.78 is 19.2. The van der Waals surface area contributed by atoms with Crippen LogP contribution in [0.5, 0.6) is 0 Å². The smallest absolute Gasteiger partial charge is 0.287 e. The molecule has 1 unspecified atom stereocenters. The van der Waals surface area contributed by atoms with Gasteiger partial charge in [-0.2, -0.15) is 5.26 Å². The van der Waals surface area contributed by atoms with Crippen LogP contribution in [0.2, 0.25) is 0 Å². The molecule has 1 aromatic rings. The van der Waals surface area contributed by atoms with Gasteiger partial charge in [0.05, 0.1) is 10.7 Å². The molecule has 1 rings (SSSR count). The van der Waals surface area contributed by atoms with Gasteiger partial charge in [-0.15, -0.1) is 0 Å². The first-order chi connectivity index (χ1) is 7.06. The van der Waals surface area contributed by atoms with Crippen LogP contribution in [0, 0.1) is 21.4 Å². The maximum atomic E-state index is 10.5. The standard InChI is InChI=1S/C8H6N2O4S/c9-4-7-6(5-15(13)14)2-1-3-8(7)10(11)12/h1-3H,5H2,(H,13,14). The average molecular weight is 226 g/mol. The van der Waals surface area contributed by atoms with E-state index in [0.717, 1.165) is 0 Å². The van der Waals surface area contributed by atoms with E-state index >= 15 is 0 Å².